The summed E-state index contributed by atoms with van der Waals surface area (Å²) in [6.07, 6.45) is 4.66. The van der Waals surface area contributed by atoms with Gasteiger partial charge in [0.2, 0.25) is 0 Å². The Balaban J connectivity index is 3.49. The molecular weight excluding hydrogens is 215 g/mol. The van der Waals surface area contributed by atoms with Crippen molar-refractivity contribution in [2.24, 2.45) is 10.8 Å². The molecule has 0 fully saturated rings. The number of rotatable bonds is 1. The molecule has 100 valence electrons. The molecule has 1 aliphatic carbocycles. The van der Waals surface area contributed by atoms with E-state index in [1.165, 1.54) is 16.7 Å². The average Bonchev–Trinajstić information content (AvgIpc) is 2.12. The predicted octanol–water partition coefficient (Wildman–Crippen LogP) is 5.46. The van der Waals surface area contributed by atoms with Crippen molar-refractivity contribution >= 4 is 7.85 Å². The Morgan fingerprint density at radius 1 is 0.889 bits per heavy atom. The second kappa shape index (κ2) is 4.58. The smallest absolute Gasteiger partial charge is 0.0798 e. The summed E-state index contributed by atoms with van der Waals surface area (Å²) >= 11 is 0. The molecule has 2 radical (unpaired) electrons. The fourth-order valence-corrected chi connectivity index (χ4v) is 2.93. The zero-order valence-corrected chi connectivity index (χ0v) is 13.6. The Bertz CT molecular complexity index is 375. The Morgan fingerprint density at radius 2 is 1.39 bits per heavy atom. The summed E-state index contributed by atoms with van der Waals surface area (Å²) in [5.74, 6) is 0. The van der Waals surface area contributed by atoms with Gasteiger partial charge in [-0.1, -0.05) is 72.4 Å². The van der Waals surface area contributed by atoms with E-state index in [2.05, 4.69) is 61.5 Å². The summed E-state index contributed by atoms with van der Waals surface area (Å²) in [7, 11) is 6.42. The first kappa shape index (κ1) is 15.6. The molecule has 0 unspecified atom stereocenters. The summed E-state index contributed by atoms with van der Waals surface area (Å²) in [6, 6.07) is 0. The van der Waals surface area contributed by atoms with Crippen LogP contribution in [0, 0.1) is 10.8 Å². The van der Waals surface area contributed by atoms with Crippen LogP contribution in [-0.4, -0.2) is 7.85 Å². The van der Waals surface area contributed by atoms with Crippen LogP contribution >= 0.6 is 0 Å². The number of hydrogen-bond acceptors (Lipinski definition) is 0. The van der Waals surface area contributed by atoms with Gasteiger partial charge in [-0.2, -0.15) is 0 Å². The molecule has 0 saturated heterocycles. The molecule has 1 rings (SSSR count). The first-order chi connectivity index (χ1) is 7.85. The minimum absolute atomic E-state index is 0.158. The third kappa shape index (κ3) is 3.30. The highest BCUT2D eigenvalue weighted by Crippen LogP contribution is 2.50. The maximum absolute atomic E-state index is 6.42. The highest BCUT2D eigenvalue weighted by molar-refractivity contribution is 6.17. The highest BCUT2D eigenvalue weighted by Gasteiger charge is 2.35. The molecule has 0 saturated carbocycles. The first-order valence-corrected chi connectivity index (χ1v) is 7.09. The lowest BCUT2D eigenvalue weighted by molar-refractivity contribution is 0.427. The van der Waals surface area contributed by atoms with Gasteiger partial charge in [-0.25, -0.2) is 0 Å². The summed E-state index contributed by atoms with van der Waals surface area (Å²) in [4.78, 5) is 0. The molecule has 0 aromatic heterocycles. The molecule has 0 aromatic carbocycles. The zero-order chi connectivity index (χ0) is 14.4. The van der Waals surface area contributed by atoms with Crippen LogP contribution in [0.15, 0.2) is 22.8 Å². The molecule has 1 aliphatic rings. The van der Waals surface area contributed by atoms with E-state index in [4.69, 9.17) is 7.85 Å². The van der Waals surface area contributed by atoms with Crippen molar-refractivity contribution in [1.82, 2.24) is 0 Å². The Hall–Kier alpha value is -0.455. The van der Waals surface area contributed by atoms with Crippen molar-refractivity contribution in [3.63, 3.8) is 0 Å². The maximum atomic E-state index is 6.42. The van der Waals surface area contributed by atoms with E-state index < -0.39 is 0 Å². The van der Waals surface area contributed by atoms with Crippen molar-refractivity contribution in [3.05, 3.63) is 22.8 Å². The van der Waals surface area contributed by atoms with Gasteiger partial charge in [0.1, 0.15) is 0 Å². The van der Waals surface area contributed by atoms with E-state index in [9.17, 15) is 0 Å². The predicted molar refractivity (Wildman–Crippen MR) is 83.0 cm³/mol. The topological polar surface area (TPSA) is 0 Å². The summed E-state index contributed by atoms with van der Waals surface area (Å²) in [6.45, 7) is 18.1. The molecule has 0 aromatic rings. The van der Waals surface area contributed by atoms with Crippen LogP contribution in [0.25, 0.3) is 0 Å². The van der Waals surface area contributed by atoms with Crippen molar-refractivity contribution in [1.29, 1.82) is 0 Å². The monoisotopic (exact) mass is 244 g/mol. The quantitative estimate of drug-likeness (QED) is 0.537. The van der Waals surface area contributed by atoms with Crippen LogP contribution in [0.3, 0.4) is 0 Å². The molecule has 0 atom stereocenters. The largest absolute Gasteiger partial charge is 0.0802 e. The van der Waals surface area contributed by atoms with E-state index in [1.807, 2.05) is 0 Å². The highest BCUT2D eigenvalue weighted by atomic mass is 14.4. The minimum atomic E-state index is -0.215. The Labute approximate surface area is 115 Å². The summed E-state index contributed by atoms with van der Waals surface area (Å²) in [5.41, 5.74) is 4.79. The third-order valence-electron chi connectivity index (χ3n) is 3.65. The number of hydrogen-bond donors (Lipinski definition) is 0. The molecule has 0 N–H and O–H groups in total. The summed E-state index contributed by atoms with van der Waals surface area (Å²) < 4.78 is 0. The van der Waals surface area contributed by atoms with Gasteiger partial charge < -0.3 is 0 Å². The van der Waals surface area contributed by atoms with E-state index >= 15 is 0 Å². The third-order valence-corrected chi connectivity index (χ3v) is 3.65. The van der Waals surface area contributed by atoms with Crippen LogP contribution in [0.5, 0.6) is 0 Å². The fraction of sp³-hybridized carbons (Fsp3) is 0.765. The zero-order valence-electron chi connectivity index (χ0n) is 13.6. The molecule has 0 bridgehead atoms. The van der Waals surface area contributed by atoms with Crippen LogP contribution < -0.4 is 0 Å². The van der Waals surface area contributed by atoms with Gasteiger partial charge in [-0.15, -0.1) is 0 Å². The molecule has 0 spiro atoms. The fourth-order valence-electron chi connectivity index (χ4n) is 2.93. The molecule has 0 nitrogen and oxygen atoms in total. The van der Waals surface area contributed by atoms with Crippen molar-refractivity contribution in [2.45, 2.75) is 73.5 Å². The van der Waals surface area contributed by atoms with Gasteiger partial charge >= 0.3 is 0 Å². The molecule has 0 heterocycles. The maximum Gasteiger partial charge on any atom is 0.0798 e. The van der Waals surface area contributed by atoms with E-state index in [1.54, 1.807) is 0 Å². The van der Waals surface area contributed by atoms with E-state index in [0.717, 1.165) is 12.8 Å². The van der Waals surface area contributed by atoms with Crippen molar-refractivity contribution < 1.29 is 0 Å². The van der Waals surface area contributed by atoms with Gasteiger partial charge in [0.15, 0.2) is 0 Å². The summed E-state index contributed by atoms with van der Waals surface area (Å²) in [5, 5.41) is -0.215. The number of allylic oxidation sites excluding steroid dienone is 4. The molecule has 18 heavy (non-hydrogen) atoms. The first-order valence-electron chi connectivity index (χ1n) is 7.09. The van der Waals surface area contributed by atoms with E-state index in [-0.39, 0.29) is 16.1 Å². The molecule has 0 aliphatic heterocycles. The van der Waals surface area contributed by atoms with Gasteiger partial charge in [0.25, 0.3) is 0 Å². The SMILES string of the molecule is [B]C(C)(C)C1=C(C(C)(C)C)C(C(C)(C)C)=CCC1. The van der Waals surface area contributed by atoms with Crippen molar-refractivity contribution in [2.75, 3.05) is 0 Å². The van der Waals surface area contributed by atoms with Gasteiger partial charge in [-0.05, 0) is 34.8 Å². The Morgan fingerprint density at radius 3 is 1.72 bits per heavy atom. The standard InChI is InChI=1S/C17H29B/c1-15(2,3)12-10-9-11-13(17(7,8)18)14(12)16(4,5)6/h10H,9,11H2,1-8H3. The van der Waals surface area contributed by atoms with Gasteiger partial charge in [0, 0.05) is 0 Å². The minimum Gasteiger partial charge on any atom is -0.0802 e. The second-order valence-corrected chi connectivity index (χ2v) is 8.23. The molecule has 0 amide bonds. The van der Waals surface area contributed by atoms with Gasteiger partial charge in [0.05, 0.1) is 7.85 Å². The second-order valence-electron chi connectivity index (χ2n) is 8.23. The van der Waals surface area contributed by atoms with Crippen LogP contribution in [-0.2, 0) is 0 Å². The normalized spacial score (nSPS) is 19.0. The Kier molecular flexibility index (Phi) is 3.97. The van der Waals surface area contributed by atoms with E-state index in [0.29, 0.717) is 0 Å². The van der Waals surface area contributed by atoms with Crippen LogP contribution in [0.4, 0.5) is 0 Å². The van der Waals surface area contributed by atoms with Gasteiger partial charge in [-0.3, -0.25) is 0 Å². The van der Waals surface area contributed by atoms with Crippen molar-refractivity contribution in [3.8, 4) is 0 Å². The molecule has 1 heteroatoms. The molecular formula is C17H29B. The van der Waals surface area contributed by atoms with Crippen LogP contribution in [0.1, 0.15) is 68.2 Å². The average molecular weight is 244 g/mol. The lowest BCUT2D eigenvalue weighted by atomic mass is 9.58. The lowest BCUT2D eigenvalue weighted by Gasteiger charge is -2.41. The lowest BCUT2D eigenvalue weighted by Crippen LogP contribution is -2.26. The van der Waals surface area contributed by atoms with Crippen LogP contribution in [0.2, 0.25) is 5.31 Å².